The third-order valence-electron chi connectivity index (χ3n) is 2.46. The molecular formula is C15H21N. The highest BCUT2D eigenvalue weighted by Gasteiger charge is 1.97. The highest BCUT2D eigenvalue weighted by atomic mass is 14.9. The van der Waals surface area contributed by atoms with E-state index < -0.39 is 0 Å². The van der Waals surface area contributed by atoms with Gasteiger partial charge in [-0.15, -0.1) is 6.58 Å². The van der Waals surface area contributed by atoms with Gasteiger partial charge in [-0.3, -0.25) is 0 Å². The topological polar surface area (TPSA) is 12.0 Å². The Morgan fingerprint density at radius 1 is 1.38 bits per heavy atom. The van der Waals surface area contributed by atoms with E-state index in [2.05, 4.69) is 56.1 Å². The molecule has 0 fully saturated rings. The molecule has 1 atom stereocenters. The second-order valence-corrected chi connectivity index (χ2v) is 4.21. The van der Waals surface area contributed by atoms with Crippen LogP contribution in [-0.4, -0.2) is 12.6 Å². The van der Waals surface area contributed by atoms with Crippen LogP contribution in [0.3, 0.4) is 0 Å². The molecule has 1 aromatic rings. The van der Waals surface area contributed by atoms with Crippen LogP contribution in [0.25, 0.3) is 6.08 Å². The van der Waals surface area contributed by atoms with Gasteiger partial charge in [0.1, 0.15) is 0 Å². The van der Waals surface area contributed by atoms with E-state index in [1.807, 2.05) is 12.1 Å². The quantitative estimate of drug-likeness (QED) is 0.714. The molecule has 0 aliphatic carbocycles. The molecule has 0 aliphatic heterocycles. The van der Waals surface area contributed by atoms with Crippen LogP contribution in [0.1, 0.15) is 25.8 Å². The summed E-state index contributed by atoms with van der Waals surface area (Å²) in [6.45, 7) is 9.01. The summed E-state index contributed by atoms with van der Waals surface area (Å²) in [5.41, 5.74) is 2.61. The molecule has 86 valence electrons. The van der Waals surface area contributed by atoms with E-state index in [-0.39, 0.29) is 0 Å². The van der Waals surface area contributed by atoms with E-state index in [4.69, 9.17) is 0 Å². The molecule has 1 aromatic carbocycles. The molecule has 16 heavy (non-hydrogen) atoms. The van der Waals surface area contributed by atoms with Gasteiger partial charge in [0.15, 0.2) is 0 Å². The molecular weight excluding hydrogens is 194 g/mol. The van der Waals surface area contributed by atoms with Gasteiger partial charge in [-0.25, -0.2) is 0 Å². The van der Waals surface area contributed by atoms with Crippen molar-refractivity contribution in [1.29, 1.82) is 0 Å². The number of hydrogen-bond donors (Lipinski definition) is 1. The van der Waals surface area contributed by atoms with Gasteiger partial charge in [0, 0.05) is 12.6 Å². The Bertz CT molecular complexity index is 338. The van der Waals surface area contributed by atoms with Crippen LogP contribution in [-0.2, 0) is 0 Å². The third kappa shape index (κ3) is 4.94. The van der Waals surface area contributed by atoms with Crippen molar-refractivity contribution in [3.05, 3.63) is 54.1 Å². The Morgan fingerprint density at radius 2 is 2.06 bits per heavy atom. The van der Waals surface area contributed by atoms with E-state index in [0.717, 1.165) is 13.0 Å². The molecule has 1 N–H and O–H groups in total. The fourth-order valence-corrected chi connectivity index (χ4v) is 1.55. The van der Waals surface area contributed by atoms with Crippen LogP contribution in [0.5, 0.6) is 0 Å². The largest absolute Gasteiger partial charge is 0.310 e. The summed E-state index contributed by atoms with van der Waals surface area (Å²) < 4.78 is 0. The lowest BCUT2D eigenvalue weighted by molar-refractivity contribution is 0.583. The zero-order valence-electron chi connectivity index (χ0n) is 10.2. The maximum atomic E-state index is 3.74. The summed E-state index contributed by atoms with van der Waals surface area (Å²) in [5.74, 6) is 0. The van der Waals surface area contributed by atoms with Gasteiger partial charge < -0.3 is 5.32 Å². The third-order valence-corrected chi connectivity index (χ3v) is 2.46. The number of nitrogens with one attached hydrogen (secondary N) is 1. The van der Waals surface area contributed by atoms with Crippen molar-refractivity contribution in [3.8, 4) is 0 Å². The first-order chi connectivity index (χ1) is 7.72. The van der Waals surface area contributed by atoms with Crippen molar-refractivity contribution in [2.75, 3.05) is 6.54 Å². The summed E-state index contributed by atoms with van der Waals surface area (Å²) in [6.07, 6.45) is 5.18. The van der Waals surface area contributed by atoms with Crippen molar-refractivity contribution in [1.82, 2.24) is 5.32 Å². The predicted octanol–water partition coefficient (Wildman–Crippen LogP) is 3.64. The average molecular weight is 215 g/mol. The molecule has 0 aliphatic rings. The Labute approximate surface area is 98.9 Å². The first-order valence-electron chi connectivity index (χ1n) is 5.79. The summed E-state index contributed by atoms with van der Waals surface area (Å²) >= 11 is 0. The molecule has 1 unspecified atom stereocenters. The van der Waals surface area contributed by atoms with Crippen molar-refractivity contribution in [3.63, 3.8) is 0 Å². The Kier molecular flexibility index (Phi) is 5.58. The molecule has 0 saturated heterocycles. The molecule has 1 heteroatoms. The molecule has 0 saturated carbocycles. The Balaban J connectivity index is 2.43. The van der Waals surface area contributed by atoms with Crippen LogP contribution >= 0.6 is 0 Å². The van der Waals surface area contributed by atoms with Gasteiger partial charge in [-0.05, 0) is 25.8 Å². The molecule has 1 nitrogen and oxygen atoms in total. The summed E-state index contributed by atoms with van der Waals surface area (Å²) in [5, 5.41) is 3.46. The minimum atomic E-state index is 0.497. The van der Waals surface area contributed by atoms with Gasteiger partial charge in [0.25, 0.3) is 0 Å². The summed E-state index contributed by atoms with van der Waals surface area (Å²) in [6, 6.07) is 10.9. The maximum Gasteiger partial charge on any atom is 0.0167 e. The second kappa shape index (κ2) is 7.02. The minimum Gasteiger partial charge on any atom is -0.310 e. The first-order valence-corrected chi connectivity index (χ1v) is 5.79. The van der Waals surface area contributed by atoms with Crippen molar-refractivity contribution in [2.24, 2.45) is 0 Å². The highest BCUT2D eigenvalue weighted by molar-refractivity contribution is 5.52. The molecule has 1 rings (SSSR count). The zero-order chi connectivity index (χ0) is 11.8. The number of hydrogen-bond acceptors (Lipinski definition) is 1. The lowest BCUT2D eigenvalue weighted by Gasteiger charge is -2.11. The lowest BCUT2D eigenvalue weighted by Crippen LogP contribution is -2.26. The standard InChI is InChI=1S/C15H21N/c1-4-8-14(3)16-12-13(2)11-15-9-6-5-7-10-15/h4-7,9-11,14,16H,1,8,12H2,2-3H3/b13-11+. The minimum absolute atomic E-state index is 0.497. The molecule has 0 aromatic heterocycles. The Hall–Kier alpha value is -1.34. The van der Waals surface area contributed by atoms with Gasteiger partial charge in [-0.2, -0.15) is 0 Å². The second-order valence-electron chi connectivity index (χ2n) is 4.21. The maximum absolute atomic E-state index is 3.74. The summed E-state index contributed by atoms with van der Waals surface area (Å²) in [7, 11) is 0. The monoisotopic (exact) mass is 215 g/mol. The number of rotatable bonds is 6. The van der Waals surface area contributed by atoms with E-state index in [9.17, 15) is 0 Å². The fraction of sp³-hybridized carbons (Fsp3) is 0.333. The van der Waals surface area contributed by atoms with Crippen LogP contribution in [0.2, 0.25) is 0 Å². The van der Waals surface area contributed by atoms with Gasteiger partial charge in [0.05, 0.1) is 0 Å². The molecule has 0 bridgehead atoms. The van der Waals surface area contributed by atoms with Crippen LogP contribution < -0.4 is 5.32 Å². The van der Waals surface area contributed by atoms with Gasteiger partial charge in [-0.1, -0.05) is 48.1 Å². The normalized spacial score (nSPS) is 13.5. The van der Waals surface area contributed by atoms with Crippen molar-refractivity contribution >= 4 is 6.08 Å². The molecule has 0 radical (unpaired) electrons. The van der Waals surface area contributed by atoms with E-state index in [0.29, 0.717) is 6.04 Å². The van der Waals surface area contributed by atoms with Crippen LogP contribution in [0, 0.1) is 0 Å². The summed E-state index contributed by atoms with van der Waals surface area (Å²) in [4.78, 5) is 0. The first kappa shape index (κ1) is 12.7. The van der Waals surface area contributed by atoms with Gasteiger partial charge in [0.2, 0.25) is 0 Å². The van der Waals surface area contributed by atoms with E-state index in [1.165, 1.54) is 11.1 Å². The van der Waals surface area contributed by atoms with Crippen molar-refractivity contribution < 1.29 is 0 Å². The van der Waals surface area contributed by atoms with Crippen molar-refractivity contribution in [2.45, 2.75) is 26.3 Å². The fourth-order valence-electron chi connectivity index (χ4n) is 1.55. The van der Waals surface area contributed by atoms with Crippen LogP contribution in [0.15, 0.2) is 48.6 Å². The lowest BCUT2D eigenvalue weighted by atomic mass is 10.1. The zero-order valence-corrected chi connectivity index (χ0v) is 10.2. The van der Waals surface area contributed by atoms with Crippen LogP contribution in [0.4, 0.5) is 0 Å². The average Bonchev–Trinajstić information content (AvgIpc) is 2.28. The Morgan fingerprint density at radius 3 is 2.69 bits per heavy atom. The molecule has 0 spiro atoms. The number of benzene rings is 1. The van der Waals surface area contributed by atoms with Gasteiger partial charge >= 0.3 is 0 Å². The highest BCUT2D eigenvalue weighted by Crippen LogP contribution is 2.05. The SMILES string of the molecule is C=CCC(C)NC/C(C)=C/c1ccccc1. The predicted molar refractivity (Wildman–Crippen MR) is 72.4 cm³/mol. The van der Waals surface area contributed by atoms with E-state index >= 15 is 0 Å². The smallest absolute Gasteiger partial charge is 0.0167 e. The van der Waals surface area contributed by atoms with E-state index in [1.54, 1.807) is 0 Å². The molecule has 0 amide bonds. The molecule has 0 heterocycles.